The van der Waals surface area contributed by atoms with Gasteiger partial charge in [0, 0.05) is 44.3 Å². The zero-order chi connectivity index (χ0) is 11.6. The molecule has 3 nitrogen and oxygen atoms in total. The fraction of sp³-hybridized carbons (Fsp3) is 1.00. The number of rotatable bonds is 3. The lowest BCUT2D eigenvalue weighted by molar-refractivity contribution is 0.0610. The third-order valence-corrected chi connectivity index (χ3v) is 4.25. The van der Waals surface area contributed by atoms with E-state index in [-0.39, 0.29) is 0 Å². The van der Waals surface area contributed by atoms with Gasteiger partial charge in [-0.05, 0) is 40.2 Å². The highest BCUT2D eigenvalue weighted by Crippen LogP contribution is 2.23. The summed E-state index contributed by atoms with van der Waals surface area (Å²) < 4.78 is 0. The van der Waals surface area contributed by atoms with E-state index < -0.39 is 0 Å². The molecule has 2 aliphatic rings. The molecule has 2 aliphatic heterocycles. The normalized spacial score (nSPS) is 29.8. The van der Waals surface area contributed by atoms with Gasteiger partial charge in [0.25, 0.3) is 0 Å². The van der Waals surface area contributed by atoms with Crippen molar-refractivity contribution in [3.63, 3.8) is 0 Å². The SMILES string of the molecule is CC1CCCN1CC(C)(C)N1CCNCC1. The van der Waals surface area contributed by atoms with E-state index in [1.54, 1.807) is 0 Å². The molecule has 0 aromatic rings. The number of piperazine rings is 1. The van der Waals surface area contributed by atoms with Crippen molar-refractivity contribution in [2.45, 2.75) is 45.2 Å². The largest absolute Gasteiger partial charge is 0.314 e. The molecule has 0 aliphatic carbocycles. The summed E-state index contributed by atoms with van der Waals surface area (Å²) in [5, 5.41) is 3.43. The number of hydrogen-bond donors (Lipinski definition) is 1. The van der Waals surface area contributed by atoms with Crippen molar-refractivity contribution < 1.29 is 0 Å². The summed E-state index contributed by atoms with van der Waals surface area (Å²) in [5.74, 6) is 0. The van der Waals surface area contributed by atoms with Gasteiger partial charge in [0.1, 0.15) is 0 Å². The molecule has 2 saturated heterocycles. The van der Waals surface area contributed by atoms with Gasteiger partial charge in [0.05, 0.1) is 0 Å². The topological polar surface area (TPSA) is 18.5 Å². The van der Waals surface area contributed by atoms with E-state index >= 15 is 0 Å². The average molecular weight is 225 g/mol. The summed E-state index contributed by atoms with van der Waals surface area (Å²) in [6, 6.07) is 0.794. The fourth-order valence-electron chi connectivity index (χ4n) is 3.09. The van der Waals surface area contributed by atoms with Gasteiger partial charge in [-0.3, -0.25) is 9.80 Å². The molecular weight excluding hydrogens is 198 g/mol. The highest BCUT2D eigenvalue weighted by molar-refractivity contribution is 4.90. The fourth-order valence-corrected chi connectivity index (χ4v) is 3.09. The molecule has 3 heteroatoms. The van der Waals surface area contributed by atoms with E-state index in [4.69, 9.17) is 0 Å². The van der Waals surface area contributed by atoms with Crippen molar-refractivity contribution >= 4 is 0 Å². The Balaban J connectivity index is 1.90. The van der Waals surface area contributed by atoms with E-state index in [2.05, 4.69) is 35.9 Å². The quantitative estimate of drug-likeness (QED) is 0.777. The van der Waals surface area contributed by atoms with Gasteiger partial charge in [-0.25, -0.2) is 0 Å². The van der Waals surface area contributed by atoms with Crippen LogP contribution in [0.5, 0.6) is 0 Å². The summed E-state index contributed by atoms with van der Waals surface area (Å²) in [6.45, 7) is 14.4. The molecule has 2 fully saturated rings. The molecule has 0 saturated carbocycles. The molecule has 0 amide bonds. The Morgan fingerprint density at radius 3 is 2.44 bits per heavy atom. The Morgan fingerprint density at radius 1 is 1.19 bits per heavy atom. The highest BCUT2D eigenvalue weighted by atomic mass is 15.3. The summed E-state index contributed by atoms with van der Waals surface area (Å²) in [6.07, 6.45) is 2.77. The standard InChI is InChI=1S/C13H27N3/c1-12-5-4-8-15(12)11-13(2,3)16-9-6-14-7-10-16/h12,14H,4-11H2,1-3H3. The summed E-state index contributed by atoms with van der Waals surface area (Å²) in [4.78, 5) is 5.32. The van der Waals surface area contributed by atoms with Crippen LogP contribution in [0, 0.1) is 0 Å². The first kappa shape index (κ1) is 12.3. The van der Waals surface area contributed by atoms with Gasteiger partial charge in [-0.15, -0.1) is 0 Å². The van der Waals surface area contributed by atoms with Crippen LogP contribution in [0.15, 0.2) is 0 Å². The average Bonchev–Trinajstić information content (AvgIpc) is 2.65. The van der Waals surface area contributed by atoms with Crippen LogP contribution >= 0.6 is 0 Å². The maximum Gasteiger partial charge on any atom is 0.0281 e. The minimum atomic E-state index is 0.334. The lowest BCUT2D eigenvalue weighted by Gasteiger charge is -2.44. The van der Waals surface area contributed by atoms with Crippen LogP contribution in [0.25, 0.3) is 0 Å². The van der Waals surface area contributed by atoms with E-state index in [1.165, 1.54) is 39.0 Å². The predicted molar refractivity (Wildman–Crippen MR) is 68.8 cm³/mol. The molecule has 0 radical (unpaired) electrons. The molecule has 0 aromatic heterocycles. The summed E-state index contributed by atoms with van der Waals surface area (Å²) in [5.41, 5.74) is 0.334. The van der Waals surface area contributed by atoms with Crippen LogP contribution in [-0.4, -0.2) is 60.6 Å². The van der Waals surface area contributed by atoms with E-state index in [0.717, 1.165) is 19.1 Å². The van der Waals surface area contributed by atoms with Gasteiger partial charge in [0.15, 0.2) is 0 Å². The van der Waals surface area contributed by atoms with Crippen molar-refractivity contribution in [2.75, 3.05) is 39.3 Å². The van der Waals surface area contributed by atoms with Crippen LogP contribution in [0.2, 0.25) is 0 Å². The molecule has 0 aromatic carbocycles. The lowest BCUT2D eigenvalue weighted by Crippen LogP contribution is -2.58. The highest BCUT2D eigenvalue weighted by Gasteiger charge is 2.32. The van der Waals surface area contributed by atoms with Crippen molar-refractivity contribution in [1.82, 2.24) is 15.1 Å². The van der Waals surface area contributed by atoms with Crippen molar-refractivity contribution in [1.29, 1.82) is 0 Å². The Labute approximate surface area is 100 Å². The zero-order valence-corrected chi connectivity index (χ0v) is 11.1. The lowest BCUT2D eigenvalue weighted by atomic mass is 10.0. The molecule has 94 valence electrons. The third kappa shape index (κ3) is 2.76. The van der Waals surface area contributed by atoms with E-state index in [1.807, 2.05) is 0 Å². The maximum atomic E-state index is 3.43. The second-order valence-corrected chi connectivity index (χ2v) is 6.01. The van der Waals surface area contributed by atoms with Crippen LogP contribution in [-0.2, 0) is 0 Å². The molecule has 1 unspecified atom stereocenters. The molecule has 0 bridgehead atoms. The number of likely N-dealkylation sites (tertiary alicyclic amines) is 1. The molecule has 2 heterocycles. The molecular formula is C13H27N3. The van der Waals surface area contributed by atoms with Gasteiger partial charge in [-0.1, -0.05) is 0 Å². The number of nitrogens with one attached hydrogen (secondary N) is 1. The first-order valence-corrected chi connectivity index (χ1v) is 6.79. The Bertz CT molecular complexity index is 221. The maximum absolute atomic E-state index is 3.43. The van der Waals surface area contributed by atoms with E-state index in [9.17, 15) is 0 Å². The molecule has 1 N–H and O–H groups in total. The summed E-state index contributed by atoms with van der Waals surface area (Å²) >= 11 is 0. The van der Waals surface area contributed by atoms with Crippen LogP contribution in [0.1, 0.15) is 33.6 Å². The molecule has 1 atom stereocenters. The Kier molecular flexibility index (Phi) is 3.88. The second-order valence-electron chi connectivity index (χ2n) is 6.01. The zero-order valence-electron chi connectivity index (χ0n) is 11.1. The third-order valence-electron chi connectivity index (χ3n) is 4.25. The van der Waals surface area contributed by atoms with Crippen LogP contribution in [0.4, 0.5) is 0 Å². The summed E-state index contributed by atoms with van der Waals surface area (Å²) in [7, 11) is 0. The Hall–Kier alpha value is -0.120. The number of hydrogen-bond acceptors (Lipinski definition) is 3. The van der Waals surface area contributed by atoms with Crippen molar-refractivity contribution in [2.24, 2.45) is 0 Å². The minimum Gasteiger partial charge on any atom is -0.314 e. The number of nitrogens with zero attached hydrogens (tertiary/aromatic N) is 2. The van der Waals surface area contributed by atoms with Gasteiger partial charge < -0.3 is 5.32 Å². The molecule has 2 rings (SSSR count). The second kappa shape index (κ2) is 5.03. The van der Waals surface area contributed by atoms with Crippen LogP contribution < -0.4 is 5.32 Å². The molecule has 16 heavy (non-hydrogen) atoms. The first-order chi connectivity index (χ1) is 7.59. The minimum absolute atomic E-state index is 0.334. The first-order valence-electron chi connectivity index (χ1n) is 6.79. The monoisotopic (exact) mass is 225 g/mol. The van der Waals surface area contributed by atoms with Crippen molar-refractivity contribution in [3.05, 3.63) is 0 Å². The van der Waals surface area contributed by atoms with Crippen LogP contribution in [0.3, 0.4) is 0 Å². The molecule has 0 spiro atoms. The smallest absolute Gasteiger partial charge is 0.0281 e. The van der Waals surface area contributed by atoms with E-state index in [0.29, 0.717) is 5.54 Å². The van der Waals surface area contributed by atoms with Gasteiger partial charge >= 0.3 is 0 Å². The predicted octanol–water partition coefficient (Wildman–Crippen LogP) is 1.15. The Morgan fingerprint density at radius 2 is 1.88 bits per heavy atom. The van der Waals surface area contributed by atoms with Crippen molar-refractivity contribution in [3.8, 4) is 0 Å². The van der Waals surface area contributed by atoms with Gasteiger partial charge in [-0.2, -0.15) is 0 Å². The van der Waals surface area contributed by atoms with Gasteiger partial charge in [0.2, 0.25) is 0 Å².